The molecular formula is C23H36F3N5O4. The van der Waals surface area contributed by atoms with Crippen LogP contribution in [0.2, 0.25) is 0 Å². The molecule has 0 atom stereocenters. The van der Waals surface area contributed by atoms with Gasteiger partial charge in [0.2, 0.25) is 5.91 Å². The summed E-state index contributed by atoms with van der Waals surface area (Å²) in [6.07, 6.45) is 6.57. The number of aliphatic carboxylic acids is 1. The maximum atomic E-state index is 12.6. The van der Waals surface area contributed by atoms with Gasteiger partial charge in [0.1, 0.15) is 11.3 Å². The molecule has 35 heavy (non-hydrogen) atoms. The largest absolute Gasteiger partial charge is 0.490 e. The minimum absolute atomic E-state index is 0.282. The number of hydrogen-bond acceptors (Lipinski definition) is 6. The molecule has 198 valence electrons. The van der Waals surface area contributed by atoms with Crippen molar-refractivity contribution in [2.24, 2.45) is 5.92 Å². The van der Waals surface area contributed by atoms with Crippen molar-refractivity contribution in [1.82, 2.24) is 24.8 Å². The Labute approximate surface area is 203 Å². The number of rotatable bonds is 5. The van der Waals surface area contributed by atoms with Gasteiger partial charge in [0.15, 0.2) is 0 Å². The maximum absolute atomic E-state index is 12.6. The third kappa shape index (κ3) is 7.63. The Bertz CT molecular complexity index is 840. The monoisotopic (exact) mass is 503 g/mol. The number of alkyl halides is 3. The highest BCUT2D eigenvalue weighted by Gasteiger charge is 2.38. The van der Waals surface area contributed by atoms with E-state index in [1.165, 1.54) is 25.9 Å². The van der Waals surface area contributed by atoms with Gasteiger partial charge in [0.25, 0.3) is 0 Å². The lowest BCUT2D eigenvalue weighted by Gasteiger charge is -2.33. The second-order valence-corrected chi connectivity index (χ2v) is 10.0. The van der Waals surface area contributed by atoms with Crippen molar-refractivity contribution in [3.8, 4) is 0 Å². The van der Waals surface area contributed by atoms with Crippen molar-refractivity contribution < 1.29 is 33.0 Å². The van der Waals surface area contributed by atoms with Crippen LogP contribution in [0.4, 0.5) is 13.2 Å². The van der Waals surface area contributed by atoms with Crippen LogP contribution in [0.15, 0.2) is 6.20 Å². The van der Waals surface area contributed by atoms with Crippen LogP contribution in [-0.2, 0) is 15.2 Å². The van der Waals surface area contributed by atoms with E-state index in [0.717, 1.165) is 63.7 Å². The summed E-state index contributed by atoms with van der Waals surface area (Å²) < 4.78 is 33.7. The zero-order chi connectivity index (χ0) is 25.6. The highest BCUT2D eigenvalue weighted by atomic mass is 19.4. The van der Waals surface area contributed by atoms with E-state index in [1.807, 2.05) is 15.8 Å². The zero-order valence-electron chi connectivity index (χ0n) is 20.2. The van der Waals surface area contributed by atoms with Crippen molar-refractivity contribution in [3.05, 3.63) is 11.9 Å². The van der Waals surface area contributed by atoms with Gasteiger partial charge in [-0.05, 0) is 71.0 Å². The van der Waals surface area contributed by atoms with E-state index in [-0.39, 0.29) is 6.04 Å². The lowest BCUT2D eigenvalue weighted by atomic mass is 9.92. The van der Waals surface area contributed by atoms with Crippen LogP contribution in [0.25, 0.3) is 0 Å². The number of carboxylic acid groups (broad SMARTS) is 1. The number of aromatic nitrogens is 3. The summed E-state index contributed by atoms with van der Waals surface area (Å²) in [5.74, 6) is -1.72. The average Bonchev–Trinajstić information content (AvgIpc) is 3.49. The molecule has 1 aliphatic carbocycles. The summed E-state index contributed by atoms with van der Waals surface area (Å²) in [5.41, 5.74) is -0.0512. The molecule has 3 heterocycles. The summed E-state index contributed by atoms with van der Waals surface area (Å²) in [4.78, 5) is 25.9. The molecule has 12 heteroatoms. The molecule has 9 nitrogen and oxygen atoms in total. The predicted octanol–water partition coefficient (Wildman–Crippen LogP) is 2.96. The Hall–Kier alpha value is -2.21. The van der Waals surface area contributed by atoms with Gasteiger partial charge in [0.05, 0.1) is 12.2 Å². The summed E-state index contributed by atoms with van der Waals surface area (Å²) >= 11 is 0. The van der Waals surface area contributed by atoms with Crippen LogP contribution in [0.3, 0.4) is 0 Å². The molecule has 0 bridgehead atoms. The van der Waals surface area contributed by atoms with Crippen molar-refractivity contribution in [3.63, 3.8) is 0 Å². The number of amides is 1. The van der Waals surface area contributed by atoms with Crippen molar-refractivity contribution in [1.29, 1.82) is 0 Å². The van der Waals surface area contributed by atoms with E-state index in [2.05, 4.69) is 22.3 Å². The van der Waals surface area contributed by atoms with E-state index in [0.29, 0.717) is 18.2 Å². The fourth-order valence-corrected chi connectivity index (χ4v) is 5.10. The Kier molecular flexibility index (Phi) is 9.14. The fraction of sp³-hybridized carbons (Fsp3) is 0.826. The second kappa shape index (κ2) is 11.7. The third-order valence-corrected chi connectivity index (χ3v) is 7.46. The van der Waals surface area contributed by atoms with E-state index in [1.54, 1.807) is 0 Å². The minimum Gasteiger partial charge on any atom is -0.475 e. The van der Waals surface area contributed by atoms with Gasteiger partial charge in [0, 0.05) is 19.5 Å². The average molecular weight is 504 g/mol. The standard InChI is InChI=1S/C21H35N5O2.C2HF3O2/c1-24-12-6-17(7-13-24)4-5-20(27)25-14-8-18(9-15-25)26-16-19(22-23-26)21(28)10-2-3-11-21;3-2(4,5)1(6)7/h16-18,28H,2-15H2,1H3;(H,6,7). The molecular weight excluding hydrogens is 467 g/mol. The quantitative estimate of drug-likeness (QED) is 0.635. The summed E-state index contributed by atoms with van der Waals surface area (Å²) in [7, 11) is 2.18. The van der Waals surface area contributed by atoms with Crippen LogP contribution in [0.5, 0.6) is 0 Å². The molecule has 3 aliphatic rings. The topological polar surface area (TPSA) is 112 Å². The molecule has 0 radical (unpaired) electrons. The van der Waals surface area contributed by atoms with E-state index in [4.69, 9.17) is 9.90 Å². The number of halogens is 3. The molecule has 2 aliphatic heterocycles. The Balaban J connectivity index is 0.000000429. The van der Waals surface area contributed by atoms with Crippen molar-refractivity contribution >= 4 is 11.9 Å². The van der Waals surface area contributed by atoms with Crippen LogP contribution >= 0.6 is 0 Å². The molecule has 4 rings (SSSR count). The van der Waals surface area contributed by atoms with Crippen LogP contribution < -0.4 is 0 Å². The highest BCUT2D eigenvalue weighted by Crippen LogP contribution is 2.37. The summed E-state index contributed by atoms with van der Waals surface area (Å²) in [5, 5.41) is 26.4. The molecule has 1 amide bonds. The summed E-state index contributed by atoms with van der Waals surface area (Å²) in [6, 6.07) is 0.282. The highest BCUT2D eigenvalue weighted by molar-refractivity contribution is 5.76. The Morgan fingerprint density at radius 1 is 1.09 bits per heavy atom. The number of carbonyl (C=O) groups is 2. The van der Waals surface area contributed by atoms with Gasteiger partial charge in [-0.2, -0.15) is 13.2 Å². The molecule has 3 fully saturated rings. The smallest absolute Gasteiger partial charge is 0.475 e. The first-order valence-corrected chi connectivity index (χ1v) is 12.4. The normalized spacial score (nSPS) is 22.0. The van der Waals surface area contributed by atoms with Gasteiger partial charge in [-0.3, -0.25) is 4.79 Å². The molecule has 0 unspecified atom stereocenters. The summed E-state index contributed by atoms with van der Waals surface area (Å²) in [6.45, 7) is 3.94. The van der Waals surface area contributed by atoms with Gasteiger partial charge in [-0.1, -0.05) is 18.1 Å². The number of likely N-dealkylation sites (tertiary alicyclic amines) is 2. The Morgan fingerprint density at radius 2 is 1.66 bits per heavy atom. The van der Waals surface area contributed by atoms with E-state index < -0.39 is 17.7 Å². The third-order valence-electron chi connectivity index (χ3n) is 7.46. The van der Waals surface area contributed by atoms with Gasteiger partial charge < -0.3 is 20.0 Å². The first-order valence-electron chi connectivity index (χ1n) is 12.4. The van der Waals surface area contributed by atoms with Crippen LogP contribution in [0, 0.1) is 5.92 Å². The number of aliphatic hydroxyl groups is 1. The molecule has 0 aromatic carbocycles. The second-order valence-electron chi connectivity index (χ2n) is 10.0. The molecule has 1 aromatic rings. The fourth-order valence-electron chi connectivity index (χ4n) is 5.10. The maximum Gasteiger partial charge on any atom is 0.490 e. The molecule has 2 N–H and O–H groups in total. The molecule has 1 aromatic heterocycles. The molecule has 2 saturated heterocycles. The van der Waals surface area contributed by atoms with Crippen LogP contribution in [0.1, 0.15) is 75.9 Å². The van der Waals surface area contributed by atoms with Gasteiger partial charge in [-0.25, -0.2) is 9.48 Å². The molecule has 0 spiro atoms. The number of piperidine rings is 2. The van der Waals surface area contributed by atoms with E-state index in [9.17, 15) is 23.1 Å². The lowest BCUT2D eigenvalue weighted by molar-refractivity contribution is -0.192. The number of carboxylic acids is 1. The predicted molar refractivity (Wildman–Crippen MR) is 120 cm³/mol. The minimum atomic E-state index is -5.08. The van der Waals surface area contributed by atoms with Gasteiger partial charge in [-0.15, -0.1) is 5.10 Å². The SMILES string of the molecule is CN1CCC(CCC(=O)N2CCC(n3cc(C4(O)CCCC4)nn3)CC2)CC1.O=C(O)C(F)(F)F. The molecule has 1 saturated carbocycles. The first kappa shape index (κ1) is 27.4. The van der Waals surface area contributed by atoms with E-state index >= 15 is 0 Å². The number of hydrogen-bond donors (Lipinski definition) is 2. The lowest BCUT2D eigenvalue weighted by Crippen LogP contribution is -2.39. The Morgan fingerprint density at radius 3 is 2.20 bits per heavy atom. The zero-order valence-corrected chi connectivity index (χ0v) is 20.2. The number of nitrogens with zero attached hydrogens (tertiary/aromatic N) is 5. The van der Waals surface area contributed by atoms with Crippen LogP contribution in [-0.4, -0.2) is 86.3 Å². The van der Waals surface area contributed by atoms with Gasteiger partial charge >= 0.3 is 12.1 Å². The van der Waals surface area contributed by atoms with Crippen molar-refractivity contribution in [2.75, 3.05) is 33.2 Å². The first-order chi connectivity index (χ1) is 16.5. The van der Waals surface area contributed by atoms with Crippen molar-refractivity contribution in [2.45, 2.75) is 82.0 Å². The number of carbonyl (C=O) groups excluding carboxylic acids is 1.